The number of hydrogen-bond acceptors (Lipinski definition) is 3. The SMILES string of the molecule is CCN(CCC1(CN)CCC1)Cc1ccccn1. The third-order valence-electron chi connectivity index (χ3n) is 4.36. The molecule has 1 aliphatic rings. The van der Waals surface area contributed by atoms with Crippen molar-refractivity contribution in [2.24, 2.45) is 11.1 Å². The fraction of sp³-hybridized carbons (Fsp3) is 0.667. The molecule has 0 unspecified atom stereocenters. The second-order valence-corrected chi connectivity index (χ2v) is 5.50. The van der Waals surface area contributed by atoms with Gasteiger partial charge in [-0.05, 0) is 56.4 Å². The van der Waals surface area contributed by atoms with Gasteiger partial charge in [0.2, 0.25) is 0 Å². The number of nitrogens with zero attached hydrogens (tertiary/aromatic N) is 2. The maximum absolute atomic E-state index is 5.92. The first kappa shape index (κ1) is 13.5. The Morgan fingerprint density at radius 2 is 2.22 bits per heavy atom. The van der Waals surface area contributed by atoms with E-state index in [2.05, 4.69) is 28.9 Å². The lowest BCUT2D eigenvalue weighted by atomic mass is 9.66. The van der Waals surface area contributed by atoms with Gasteiger partial charge in [-0.1, -0.05) is 19.4 Å². The Morgan fingerprint density at radius 3 is 2.72 bits per heavy atom. The molecule has 1 aromatic heterocycles. The summed E-state index contributed by atoms with van der Waals surface area (Å²) in [6.45, 7) is 6.26. The molecule has 100 valence electrons. The van der Waals surface area contributed by atoms with Crippen LogP contribution >= 0.6 is 0 Å². The molecule has 18 heavy (non-hydrogen) atoms. The molecule has 3 heteroatoms. The van der Waals surface area contributed by atoms with E-state index in [1.165, 1.54) is 25.7 Å². The molecule has 1 aliphatic carbocycles. The van der Waals surface area contributed by atoms with Gasteiger partial charge >= 0.3 is 0 Å². The van der Waals surface area contributed by atoms with Crippen LogP contribution in [0.3, 0.4) is 0 Å². The average molecular weight is 247 g/mol. The van der Waals surface area contributed by atoms with E-state index in [4.69, 9.17) is 5.73 Å². The highest BCUT2D eigenvalue weighted by Gasteiger charge is 2.35. The van der Waals surface area contributed by atoms with Crippen LogP contribution in [0.5, 0.6) is 0 Å². The molecule has 0 spiro atoms. The Bertz CT molecular complexity index is 341. The zero-order valence-corrected chi connectivity index (χ0v) is 11.4. The minimum Gasteiger partial charge on any atom is -0.330 e. The quantitative estimate of drug-likeness (QED) is 0.804. The summed E-state index contributed by atoms with van der Waals surface area (Å²) in [6.07, 6.45) is 7.12. The van der Waals surface area contributed by atoms with Crippen molar-refractivity contribution in [3.05, 3.63) is 30.1 Å². The smallest absolute Gasteiger partial charge is 0.0543 e. The van der Waals surface area contributed by atoms with Crippen molar-refractivity contribution in [2.75, 3.05) is 19.6 Å². The molecule has 0 aliphatic heterocycles. The van der Waals surface area contributed by atoms with Crippen LogP contribution in [-0.4, -0.2) is 29.5 Å². The van der Waals surface area contributed by atoms with E-state index in [0.29, 0.717) is 5.41 Å². The standard InChI is InChI=1S/C15H25N3/c1-2-18(12-14-6-3-4-10-17-14)11-9-15(13-16)7-5-8-15/h3-4,6,10H,2,5,7-9,11-13,16H2,1H3. The van der Waals surface area contributed by atoms with Crippen LogP contribution < -0.4 is 5.73 Å². The van der Waals surface area contributed by atoms with Crippen LogP contribution in [0.25, 0.3) is 0 Å². The second kappa shape index (κ2) is 6.30. The number of nitrogens with two attached hydrogens (primary N) is 1. The number of aromatic nitrogens is 1. The Morgan fingerprint density at radius 1 is 1.39 bits per heavy atom. The molecular weight excluding hydrogens is 222 g/mol. The molecule has 0 atom stereocenters. The molecule has 1 aromatic rings. The minimum absolute atomic E-state index is 0.456. The first-order chi connectivity index (χ1) is 8.78. The topological polar surface area (TPSA) is 42.1 Å². The van der Waals surface area contributed by atoms with Gasteiger partial charge in [-0.25, -0.2) is 0 Å². The molecule has 2 rings (SSSR count). The van der Waals surface area contributed by atoms with Crippen LogP contribution in [0.4, 0.5) is 0 Å². The molecule has 0 radical (unpaired) electrons. The molecule has 1 saturated carbocycles. The summed E-state index contributed by atoms with van der Waals surface area (Å²) in [7, 11) is 0. The van der Waals surface area contributed by atoms with Gasteiger partial charge in [-0.3, -0.25) is 9.88 Å². The summed E-state index contributed by atoms with van der Waals surface area (Å²) < 4.78 is 0. The Hall–Kier alpha value is -0.930. The average Bonchev–Trinajstić information content (AvgIpc) is 2.37. The van der Waals surface area contributed by atoms with Crippen molar-refractivity contribution in [1.82, 2.24) is 9.88 Å². The van der Waals surface area contributed by atoms with Crippen LogP contribution in [0, 0.1) is 5.41 Å². The fourth-order valence-electron chi connectivity index (χ4n) is 2.70. The van der Waals surface area contributed by atoms with Crippen molar-refractivity contribution in [3.63, 3.8) is 0 Å². The summed E-state index contributed by atoms with van der Waals surface area (Å²) in [5, 5.41) is 0. The predicted octanol–water partition coefficient (Wildman–Crippen LogP) is 2.42. The number of rotatable bonds is 7. The minimum atomic E-state index is 0.456. The molecule has 0 amide bonds. The van der Waals surface area contributed by atoms with Gasteiger partial charge in [-0.15, -0.1) is 0 Å². The molecule has 1 fully saturated rings. The molecule has 2 N–H and O–H groups in total. The highest BCUT2D eigenvalue weighted by Crippen LogP contribution is 2.42. The number of hydrogen-bond donors (Lipinski definition) is 1. The van der Waals surface area contributed by atoms with E-state index >= 15 is 0 Å². The van der Waals surface area contributed by atoms with E-state index in [0.717, 1.165) is 31.9 Å². The second-order valence-electron chi connectivity index (χ2n) is 5.50. The van der Waals surface area contributed by atoms with E-state index in [9.17, 15) is 0 Å². The van der Waals surface area contributed by atoms with Crippen molar-refractivity contribution in [3.8, 4) is 0 Å². The summed E-state index contributed by atoms with van der Waals surface area (Å²) in [5.74, 6) is 0. The summed E-state index contributed by atoms with van der Waals surface area (Å²) in [4.78, 5) is 6.87. The Balaban J connectivity index is 1.82. The van der Waals surface area contributed by atoms with Crippen molar-refractivity contribution in [1.29, 1.82) is 0 Å². The van der Waals surface area contributed by atoms with E-state index < -0.39 is 0 Å². The summed E-state index contributed by atoms with van der Waals surface area (Å²) in [5.41, 5.74) is 7.54. The molecule has 0 bridgehead atoms. The van der Waals surface area contributed by atoms with Crippen molar-refractivity contribution >= 4 is 0 Å². The zero-order valence-electron chi connectivity index (χ0n) is 11.4. The van der Waals surface area contributed by atoms with Gasteiger partial charge in [0.1, 0.15) is 0 Å². The third-order valence-corrected chi connectivity index (χ3v) is 4.36. The molecule has 0 aromatic carbocycles. The first-order valence-corrected chi connectivity index (χ1v) is 7.10. The first-order valence-electron chi connectivity index (χ1n) is 7.10. The van der Waals surface area contributed by atoms with Crippen LogP contribution in [0.1, 0.15) is 38.3 Å². The Labute approximate surface area is 110 Å². The highest BCUT2D eigenvalue weighted by molar-refractivity contribution is 5.03. The monoisotopic (exact) mass is 247 g/mol. The van der Waals surface area contributed by atoms with Crippen molar-refractivity contribution < 1.29 is 0 Å². The van der Waals surface area contributed by atoms with Crippen molar-refractivity contribution in [2.45, 2.75) is 39.2 Å². The van der Waals surface area contributed by atoms with Gasteiger partial charge in [0.15, 0.2) is 0 Å². The lowest BCUT2D eigenvalue weighted by Crippen LogP contribution is -2.40. The normalized spacial score (nSPS) is 17.7. The zero-order chi connectivity index (χ0) is 12.8. The summed E-state index contributed by atoms with van der Waals surface area (Å²) >= 11 is 0. The van der Waals surface area contributed by atoms with Gasteiger partial charge in [0, 0.05) is 12.7 Å². The molecule has 0 saturated heterocycles. The van der Waals surface area contributed by atoms with Gasteiger partial charge in [0.25, 0.3) is 0 Å². The largest absolute Gasteiger partial charge is 0.330 e. The Kier molecular flexibility index (Phi) is 4.72. The lowest BCUT2D eigenvalue weighted by molar-refractivity contribution is 0.105. The molecular formula is C15H25N3. The molecule has 1 heterocycles. The van der Waals surface area contributed by atoms with E-state index in [-0.39, 0.29) is 0 Å². The molecule has 3 nitrogen and oxygen atoms in total. The maximum Gasteiger partial charge on any atom is 0.0543 e. The summed E-state index contributed by atoms with van der Waals surface area (Å²) in [6, 6.07) is 6.13. The van der Waals surface area contributed by atoms with Gasteiger partial charge in [0.05, 0.1) is 5.69 Å². The van der Waals surface area contributed by atoms with E-state index in [1.54, 1.807) is 0 Å². The van der Waals surface area contributed by atoms with Crippen LogP contribution in [0.2, 0.25) is 0 Å². The van der Waals surface area contributed by atoms with E-state index in [1.807, 2.05) is 12.3 Å². The van der Waals surface area contributed by atoms with Gasteiger partial charge in [-0.2, -0.15) is 0 Å². The maximum atomic E-state index is 5.92. The van der Waals surface area contributed by atoms with Gasteiger partial charge < -0.3 is 5.73 Å². The lowest BCUT2D eigenvalue weighted by Gasteiger charge is -2.42. The number of pyridine rings is 1. The third kappa shape index (κ3) is 3.30. The fourth-order valence-corrected chi connectivity index (χ4v) is 2.70. The van der Waals surface area contributed by atoms with Crippen LogP contribution in [-0.2, 0) is 6.54 Å². The predicted molar refractivity (Wildman–Crippen MR) is 75.1 cm³/mol. The highest BCUT2D eigenvalue weighted by atomic mass is 15.1. The van der Waals surface area contributed by atoms with Crippen LogP contribution in [0.15, 0.2) is 24.4 Å².